The number of methoxy groups -OCH3 is 1. The quantitative estimate of drug-likeness (QED) is 0.258. The zero-order chi connectivity index (χ0) is 22.5. The van der Waals surface area contributed by atoms with Gasteiger partial charge in [-0.15, -0.1) is 0 Å². The highest BCUT2D eigenvalue weighted by Gasteiger charge is 2.67. The van der Waals surface area contributed by atoms with Gasteiger partial charge in [0.15, 0.2) is 0 Å². The Morgan fingerprint density at radius 3 is 2.20 bits per heavy atom. The zero-order valence-electron chi connectivity index (χ0n) is 17.6. The molecule has 9 nitrogen and oxygen atoms in total. The number of rotatable bonds is 9. The maximum Gasteiger partial charge on any atom is 0.320 e. The number of carbonyl (C=O) groups is 3. The lowest BCUT2D eigenvalue weighted by Crippen LogP contribution is -2.44. The average molecular weight is 421 g/mol. The van der Waals surface area contributed by atoms with Gasteiger partial charge < -0.3 is 14.2 Å². The van der Waals surface area contributed by atoms with E-state index in [1.165, 1.54) is 14.0 Å². The fourth-order valence-electron chi connectivity index (χ4n) is 4.42. The first kappa shape index (κ1) is 23.3. The molecule has 9 heteroatoms. The van der Waals surface area contributed by atoms with Gasteiger partial charge >= 0.3 is 11.9 Å². The van der Waals surface area contributed by atoms with Gasteiger partial charge in [-0.2, -0.15) is 0 Å². The Balaban J connectivity index is 2.65. The largest absolute Gasteiger partial charge is 0.497 e. The van der Waals surface area contributed by atoms with Gasteiger partial charge in [0.25, 0.3) is 0 Å². The van der Waals surface area contributed by atoms with Crippen LogP contribution in [0.5, 0.6) is 5.75 Å². The van der Waals surface area contributed by atoms with Crippen LogP contribution in [0.1, 0.15) is 45.1 Å². The van der Waals surface area contributed by atoms with Crippen LogP contribution in [0.15, 0.2) is 24.3 Å². The minimum Gasteiger partial charge on any atom is -0.497 e. The molecule has 0 saturated heterocycles. The first-order valence-electron chi connectivity index (χ1n) is 9.84. The van der Waals surface area contributed by atoms with E-state index in [0.717, 1.165) is 0 Å². The number of nitro groups is 1. The SMILES string of the molecule is CCOC(=O)C[C@@H]1C[C@@](C(C)=O)(C(=O)OCC)[C@@H](c2ccc(OC)cc2)[C@@H]1[N+](=O)[O-]. The molecule has 0 unspecified atom stereocenters. The van der Waals surface area contributed by atoms with Gasteiger partial charge in [0, 0.05) is 10.8 Å². The number of benzene rings is 1. The Hall–Kier alpha value is -2.97. The molecule has 30 heavy (non-hydrogen) atoms. The van der Waals surface area contributed by atoms with Crippen molar-refractivity contribution in [2.75, 3.05) is 20.3 Å². The normalized spacial score (nSPS) is 25.4. The number of hydrogen-bond acceptors (Lipinski definition) is 8. The Kier molecular flexibility index (Phi) is 7.53. The monoisotopic (exact) mass is 421 g/mol. The molecule has 164 valence electrons. The summed E-state index contributed by atoms with van der Waals surface area (Å²) in [6.07, 6.45) is -0.428. The van der Waals surface area contributed by atoms with Crippen LogP contribution in [0.25, 0.3) is 0 Å². The molecule has 0 bridgehead atoms. The second-order valence-electron chi connectivity index (χ2n) is 7.25. The van der Waals surface area contributed by atoms with Gasteiger partial charge in [-0.05, 0) is 44.9 Å². The summed E-state index contributed by atoms with van der Waals surface area (Å²) in [7, 11) is 1.48. The number of ether oxygens (including phenoxy) is 3. The second kappa shape index (κ2) is 9.69. The lowest BCUT2D eigenvalue weighted by Gasteiger charge is -2.30. The van der Waals surface area contributed by atoms with E-state index in [1.807, 2.05) is 0 Å². The fourth-order valence-corrected chi connectivity index (χ4v) is 4.42. The van der Waals surface area contributed by atoms with Crippen molar-refractivity contribution in [2.24, 2.45) is 11.3 Å². The van der Waals surface area contributed by atoms with Crippen molar-refractivity contribution >= 4 is 17.7 Å². The smallest absolute Gasteiger partial charge is 0.320 e. The van der Waals surface area contributed by atoms with E-state index in [-0.39, 0.29) is 26.1 Å². The van der Waals surface area contributed by atoms with Crippen LogP contribution in [0.4, 0.5) is 0 Å². The van der Waals surface area contributed by atoms with Crippen molar-refractivity contribution in [3.63, 3.8) is 0 Å². The summed E-state index contributed by atoms with van der Waals surface area (Å²) in [6.45, 7) is 4.62. The maximum absolute atomic E-state index is 13.0. The molecule has 1 fully saturated rings. The first-order valence-corrected chi connectivity index (χ1v) is 9.84. The van der Waals surface area contributed by atoms with Gasteiger partial charge in [0.2, 0.25) is 6.04 Å². The summed E-state index contributed by atoms with van der Waals surface area (Å²) in [5.74, 6) is -3.36. The van der Waals surface area contributed by atoms with Crippen molar-refractivity contribution < 1.29 is 33.5 Å². The molecular formula is C21H27NO8. The molecule has 0 aliphatic heterocycles. The van der Waals surface area contributed by atoms with Crippen LogP contribution in [0.2, 0.25) is 0 Å². The molecule has 0 radical (unpaired) electrons. The number of hydrogen-bond donors (Lipinski definition) is 0. The molecule has 0 aromatic heterocycles. The predicted molar refractivity (Wildman–Crippen MR) is 106 cm³/mol. The first-order chi connectivity index (χ1) is 14.2. The van der Waals surface area contributed by atoms with Crippen molar-refractivity contribution in [1.82, 2.24) is 0 Å². The van der Waals surface area contributed by atoms with Crippen molar-refractivity contribution in [1.29, 1.82) is 0 Å². The Bertz CT molecular complexity index is 806. The van der Waals surface area contributed by atoms with E-state index in [9.17, 15) is 24.5 Å². The van der Waals surface area contributed by atoms with Gasteiger partial charge in [0.1, 0.15) is 16.9 Å². The number of Topliss-reactive ketones (excluding diaryl/α,β-unsaturated/α-hetero) is 1. The van der Waals surface area contributed by atoms with E-state index in [2.05, 4.69) is 0 Å². The lowest BCUT2D eigenvalue weighted by molar-refractivity contribution is -0.532. The summed E-state index contributed by atoms with van der Waals surface area (Å²) in [5, 5.41) is 12.1. The topological polar surface area (TPSA) is 122 Å². The molecule has 1 aromatic carbocycles. The highest BCUT2D eigenvalue weighted by Crippen LogP contribution is 2.55. The van der Waals surface area contributed by atoms with Gasteiger partial charge in [-0.3, -0.25) is 24.5 Å². The molecule has 2 rings (SSSR count). The fraction of sp³-hybridized carbons (Fsp3) is 0.571. The van der Waals surface area contributed by atoms with Crippen LogP contribution in [0.3, 0.4) is 0 Å². The third-order valence-electron chi connectivity index (χ3n) is 5.66. The average Bonchev–Trinajstić information content (AvgIpc) is 3.04. The van der Waals surface area contributed by atoms with Crippen LogP contribution < -0.4 is 4.74 Å². The number of ketones is 1. The molecule has 1 aliphatic rings. The van der Waals surface area contributed by atoms with Crippen LogP contribution >= 0.6 is 0 Å². The molecule has 1 aliphatic carbocycles. The molecule has 0 N–H and O–H groups in total. The number of esters is 2. The van der Waals surface area contributed by atoms with Crippen LogP contribution in [-0.4, -0.2) is 49.0 Å². The zero-order valence-corrected chi connectivity index (χ0v) is 17.6. The third-order valence-corrected chi connectivity index (χ3v) is 5.66. The van der Waals surface area contributed by atoms with Crippen LogP contribution in [-0.2, 0) is 23.9 Å². The van der Waals surface area contributed by atoms with E-state index in [4.69, 9.17) is 14.2 Å². The van der Waals surface area contributed by atoms with Crippen molar-refractivity contribution in [3.05, 3.63) is 39.9 Å². The summed E-state index contributed by atoms with van der Waals surface area (Å²) >= 11 is 0. The van der Waals surface area contributed by atoms with Crippen molar-refractivity contribution in [3.8, 4) is 5.75 Å². The van der Waals surface area contributed by atoms with Crippen molar-refractivity contribution in [2.45, 2.75) is 45.6 Å². The predicted octanol–water partition coefficient (Wildman–Crippen LogP) is 2.54. The third kappa shape index (κ3) is 4.29. The van der Waals surface area contributed by atoms with E-state index in [0.29, 0.717) is 11.3 Å². The van der Waals surface area contributed by atoms with E-state index >= 15 is 0 Å². The molecule has 1 saturated carbocycles. The van der Waals surface area contributed by atoms with E-state index in [1.54, 1.807) is 38.1 Å². The summed E-state index contributed by atoms with van der Waals surface area (Å²) < 4.78 is 15.3. The standard InChI is InChI=1S/C21H27NO8/c1-5-29-17(24)11-15-12-21(13(3)23,20(25)30-6-2)18(19(15)22(26)27)14-7-9-16(28-4)10-8-14/h7-10,15,18-19H,5-6,11-12H2,1-4H3/t15-,18+,19-,21+/m1/s1. The Morgan fingerprint density at radius 2 is 1.73 bits per heavy atom. The second-order valence-corrected chi connectivity index (χ2v) is 7.25. The molecule has 0 amide bonds. The maximum atomic E-state index is 13.0. The number of carbonyl (C=O) groups excluding carboxylic acids is 3. The van der Waals surface area contributed by atoms with Gasteiger partial charge in [0.05, 0.1) is 32.7 Å². The Morgan fingerprint density at radius 1 is 1.13 bits per heavy atom. The summed E-state index contributed by atoms with van der Waals surface area (Å²) in [5.41, 5.74) is -1.33. The van der Waals surface area contributed by atoms with Gasteiger partial charge in [-0.25, -0.2) is 0 Å². The van der Waals surface area contributed by atoms with E-state index < -0.39 is 45.9 Å². The summed E-state index contributed by atoms with van der Waals surface area (Å²) in [4.78, 5) is 49.6. The Labute approximate surface area is 174 Å². The molecule has 4 atom stereocenters. The minimum atomic E-state index is -1.76. The summed E-state index contributed by atoms with van der Waals surface area (Å²) in [6, 6.07) is 5.09. The molecule has 1 aromatic rings. The van der Waals surface area contributed by atoms with Gasteiger partial charge in [-0.1, -0.05) is 12.1 Å². The molecule has 0 heterocycles. The highest BCUT2D eigenvalue weighted by atomic mass is 16.6. The van der Waals surface area contributed by atoms with Crippen LogP contribution in [0, 0.1) is 21.4 Å². The minimum absolute atomic E-state index is 0.0227. The lowest BCUT2D eigenvalue weighted by atomic mass is 9.70. The molecular weight excluding hydrogens is 394 g/mol. The highest BCUT2D eigenvalue weighted by molar-refractivity contribution is 6.04. The molecule has 0 spiro atoms. The number of nitrogens with zero attached hydrogens (tertiary/aromatic N) is 1.